The van der Waals surface area contributed by atoms with Crippen molar-refractivity contribution in [3.8, 4) is 0 Å². The van der Waals surface area contributed by atoms with Crippen molar-refractivity contribution in [2.45, 2.75) is 33.7 Å². The molecule has 2 N–H and O–H groups in total. The molecule has 1 atom stereocenters. The number of nitrogens with two attached hydrogens (primary N) is 1. The van der Waals surface area contributed by atoms with Crippen molar-refractivity contribution in [2.75, 3.05) is 0 Å². The molecule has 3 heteroatoms. The summed E-state index contributed by atoms with van der Waals surface area (Å²) in [4.78, 5) is 0. The first-order chi connectivity index (χ1) is 8.40. The summed E-state index contributed by atoms with van der Waals surface area (Å²) in [5.74, 6) is 1.29. The molecule has 1 aromatic carbocycles. The van der Waals surface area contributed by atoms with E-state index in [0.717, 1.165) is 28.2 Å². The summed E-state index contributed by atoms with van der Waals surface area (Å²) in [6.45, 7) is 7.47. The molecule has 0 aliphatic rings. The van der Waals surface area contributed by atoms with E-state index in [9.17, 15) is 4.39 Å². The number of aryl methyl sites for hydroxylation is 4. The van der Waals surface area contributed by atoms with Crippen molar-refractivity contribution in [1.29, 1.82) is 0 Å². The molecule has 0 saturated heterocycles. The van der Waals surface area contributed by atoms with E-state index in [1.165, 1.54) is 6.07 Å². The number of hydrogen-bond acceptors (Lipinski definition) is 2. The summed E-state index contributed by atoms with van der Waals surface area (Å²) in [6.07, 6.45) is 0. The highest BCUT2D eigenvalue weighted by Crippen LogP contribution is 2.29. The highest BCUT2D eigenvalue weighted by atomic mass is 19.1. The van der Waals surface area contributed by atoms with Gasteiger partial charge in [0, 0.05) is 11.1 Å². The fraction of sp³-hybridized carbons (Fsp3) is 0.333. The van der Waals surface area contributed by atoms with Crippen molar-refractivity contribution in [3.05, 3.63) is 57.8 Å². The molecule has 0 spiro atoms. The normalized spacial score (nSPS) is 12.8. The van der Waals surface area contributed by atoms with Crippen LogP contribution in [0, 0.1) is 33.5 Å². The Morgan fingerprint density at radius 2 is 1.78 bits per heavy atom. The monoisotopic (exact) mass is 247 g/mol. The second-order valence-electron chi connectivity index (χ2n) is 4.82. The predicted octanol–water partition coefficient (Wildman–Crippen LogP) is 3.70. The van der Waals surface area contributed by atoms with Crippen LogP contribution in [0.15, 0.2) is 22.6 Å². The topological polar surface area (TPSA) is 39.2 Å². The molecule has 0 aliphatic heterocycles. The lowest BCUT2D eigenvalue weighted by Gasteiger charge is -2.16. The van der Waals surface area contributed by atoms with Crippen LogP contribution >= 0.6 is 0 Å². The van der Waals surface area contributed by atoms with Crippen molar-refractivity contribution in [1.82, 2.24) is 0 Å². The minimum atomic E-state index is -0.483. The Labute approximate surface area is 107 Å². The summed E-state index contributed by atoms with van der Waals surface area (Å²) in [5, 5.41) is 0. The highest BCUT2D eigenvalue weighted by Gasteiger charge is 2.20. The van der Waals surface area contributed by atoms with Gasteiger partial charge in [0.25, 0.3) is 0 Å². The maximum Gasteiger partial charge on any atom is 0.128 e. The third-order valence-electron chi connectivity index (χ3n) is 3.21. The minimum absolute atomic E-state index is 0.252. The minimum Gasteiger partial charge on any atom is -0.466 e. The maximum atomic E-state index is 14.1. The van der Waals surface area contributed by atoms with Crippen LogP contribution in [0.25, 0.3) is 0 Å². The first kappa shape index (κ1) is 12.8. The molecule has 0 aliphatic carbocycles. The van der Waals surface area contributed by atoms with Gasteiger partial charge in [-0.3, -0.25) is 0 Å². The average molecular weight is 247 g/mol. The van der Waals surface area contributed by atoms with E-state index in [4.69, 9.17) is 10.2 Å². The van der Waals surface area contributed by atoms with Crippen LogP contribution in [0.1, 0.15) is 39.8 Å². The Morgan fingerprint density at radius 3 is 2.28 bits per heavy atom. The first-order valence-electron chi connectivity index (χ1n) is 5.99. The molecule has 1 aromatic heterocycles. The Morgan fingerprint density at radius 1 is 1.11 bits per heavy atom. The van der Waals surface area contributed by atoms with Gasteiger partial charge in [0.1, 0.15) is 17.3 Å². The van der Waals surface area contributed by atoms with E-state index in [1.54, 1.807) is 0 Å². The zero-order valence-electron chi connectivity index (χ0n) is 11.2. The van der Waals surface area contributed by atoms with Crippen molar-refractivity contribution >= 4 is 0 Å². The van der Waals surface area contributed by atoms with Gasteiger partial charge in [-0.1, -0.05) is 6.07 Å². The van der Waals surface area contributed by atoms with Gasteiger partial charge in [-0.05, 0) is 51.0 Å². The SMILES string of the molecule is Cc1cc(C)c(C(N)c2cc(C)oc2C)c(F)c1. The molecular formula is C15H18FNO. The molecule has 18 heavy (non-hydrogen) atoms. The van der Waals surface area contributed by atoms with E-state index < -0.39 is 6.04 Å². The van der Waals surface area contributed by atoms with Gasteiger partial charge in [0.2, 0.25) is 0 Å². The lowest BCUT2D eigenvalue weighted by Crippen LogP contribution is -2.15. The number of rotatable bonds is 2. The van der Waals surface area contributed by atoms with Crippen LogP contribution in [0.2, 0.25) is 0 Å². The van der Waals surface area contributed by atoms with Crippen LogP contribution in [-0.2, 0) is 0 Å². The van der Waals surface area contributed by atoms with E-state index in [-0.39, 0.29) is 5.82 Å². The van der Waals surface area contributed by atoms with Gasteiger partial charge in [-0.2, -0.15) is 0 Å². The summed E-state index contributed by atoms with van der Waals surface area (Å²) in [7, 11) is 0. The van der Waals surface area contributed by atoms with Gasteiger partial charge in [0.15, 0.2) is 0 Å². The van der Waals surface area contributed by atoms with E-state index in [0.29, 0.717) is 5.56 Å². The van der Waals surface area contributed by atoms with Gasteiger partial charge in [0.05, 0.1) is 6.04 Å². The second-order valence-corrected chi connectivity index (χ2v) is 4.82. The highest BCUT2D eigenvalue weighted by molar-refractivity contribution is 5.41. The third kappa shape index (κ3) is 2.18. The fourth-order valence-electron chi connectivity index (χ4n) is 2.44. The number of halogens is 1. The lowest BCUT2D eigenvalue weighted by atomic mass is 9.94. The van der Waals surface area contributed by atoms with Crippen LogP contribution in [0.5, 0.6) is 0 Å². The molecule has 2 rings (SSSR count). The van der Waals surface area contributed by atoms with Gasteiger partial charge < -0.3 is 10.2 Å². The number of benzene rings is 1. The van der Waals surface area contributed by atoms with Crippen LogP contribution in [0.3, 0.4) is 0 Å². The van der Waals surface area contributed by atoms with Crippen molar-refractivity contribution in [3.63, 3.8) is 0 Å². The lowest BCUT2D eigenvalue weighted by molar-refractivity contribution is 0.498. The van der Waals surface area contributed by atoms with Crippen LogP contribution in [0.4, 0.5) is 4.39 Å². The van der Waals surface area contributed by atoms with Crippen LogP contribution in [-0.4, -0.2) is 0 Å². The van der Waals surface area contributed by atoms with Gasteiger partial charge in [-0.25, -0.2) is 4.39 Å². The summed E-state index contributed by atoms with van der Waals surface area (Å²) in [5.41, 5.74) is 9.35. The van der Waals surface area contributed by atoms with Crippen LogP contribution < -0.4 is 5.73 Å². The smallest absolute Gasteiger partial charge is 0.128 e. The number of hydrogen-bond donors (Lipinski definition) is 1. The fourth-order valence-corrected chi connectivity index (χ4v) is 2.44. The molecule has 1 heterocycles. The predicted molar refractivity (Wildman–Crippen MR) is 70.1 cm³/mol. The Kier molecular flexibility index (Phi) is 3.26. The quantitative estimate of drug-likeness (QED) is 0.878. The molecular weight excluding hydrogens is 229 g/mol. The maximum absolute atomic E-state index is 14.1. The largest absolute Gasteiger partial charge is 0.466 e. The molecule has 0 fully saturated rings. The Hall–Kier alpha value is -1.61. The van der Waals surface area contributed by atoms with Crippen molar-refractivity contribution < 1.29 is 8.81 Å². The third-order valence-corrected chi connectivity index (χ3v) is 3.21. The van der Waals surface area contributed by atoms with E-state index in [2.05, 4.69) is 0 Å². The molecule has 0 saturated carbocycles. The first-order valence-corrected chi connectivity index (χ1v) is 5.99. The van der Waals surface area contributed by atoms with E-state index in [1.807, 2.05) is 39.8 Å². The van der Waals surface area contributed by atoms with Gasteiger partial charge >= 0.3 is 0 Å². The second kappa shape index (κ2) is 4.58. The van der Waals surface area contributed by atoms with E-state index >= 15 is 0 Å². The molecule has 0 amide bonds. The zero-order valence-corrected chi connectivity index (χ0v) is 11.2. The average Bonchev–Trinajstić information content (AvgIpc) is 2.56. The standard InChI is InChI=1S/C15H18FNO/c1-8-5-9(2)14(13(16)6-8)15(17)12-7-10(3)18-11(12)4/h5-7,15H,17H2,1-4H3. The Bertz CT molecular complexity index is 563. The summed E-state index contributed by atoms with van der Waals surface area (Å²) >= 11 is 0. The van der Waals surface area contributed by atoms with Crippen molar-refractivity contribution in [2.24, 2.45) is 5.73 Å². The van der Waals surface area contributed by atoms with Gasteiger partial charge in [-0.15, -0.1) is 0 Å². The summed E-state index contributed by atoms with van der Waals surface area (Å²) < 4.78 is 19.5. The number of furan rings is 1. The molecule has 1 unspecified atom stereocenters. The molecule has 0 radical (unpaired) electrons. The summed E-state index contributed by atoms with van der Waals surface area (Å²) in [6, 6.07) is 4.85. The zero-order chi connectivity index (χ0) is 13.4. The Balaban J connectivity index is 2.52. The molecule has 2 aromatic rings. The molecule has 2 nitrogen and oxygen atoms in total. The molecule has 0 bridgehead atoms. The molecule has 96 valence electrons.